The van der Waals surface area contributed by atoms with Gasteiger partial charge in [-0.2, -0.15) is 5.10 Å². The maximum absolute atomic E-state index is 13.3. The third-order valence-electron chi connectivity index (χ3n) is 4.92. The van der Waals surface area contributed by atoms with E-state index in [1.807, 2.05) is 0 Å². The van der Waals surface area contributed by atoms with Crippen molar-refractivity contribution < 1.29 is 18.3 Å². The first-order valence-corrected chi connectivity index (χ1v) is 8.47. The molecule has 1 amide bonds. The molecule has 2 aromatic rings. The third-order valence-corrected chi connectivity index (χ3v) is 4.92. The number of aromatic nitrogens is 2. The highest BCUT2D eigenvalue weighted by molar-refractivity contribution is 5.94. The Morgan fingerprint density at radius 2 is 2.20 bits per heavy atom. The molecule has 1 N–H and O–H groups in total. The minimum Gasteiger partial charge on any atom is -0.381 e. The van der Waals surface area contributed by atoms with Gasteiger partial charge >= 0.3 is 0 Å². The molecule has 2 heterocycles. The Morgan fingerprint density at radius 3 is 2.96 bits per heavy atom. The van der Waals surface area contributed by atoms with Crippen LogP contribution in [0.25, 0.3) is 0 Å². The topological polar surface area (TPSA) is 56.2 Å². The van der Waals surface area contributed by atoms with Crippen LogP contribution in [0.2, 0.25) is 0 Å². The monoisotopic (exact) mass is 347 g/mol. The van der Waals surface area contributed by atoms with Crippen LogP contribution in [0.4, 0.5) is 14.6 Å². The summed E-state index contributed by atoms with van der Waals surface area (Å²) in [5.74, 6) is -1.07. The lowest BCUT2D eigenvalue weighted by Crippen LogP contribution is -2.20. The first-order valence-electron chi connectivity index (χ1n) is 8.47. The zero-order valence-corrected chi connectivity index (χ0v) is 13.6. The molecular weight excluding hydrogens is 328 g/mol. The molecular formula is C18H19F2N3O2. The van der Waals surface area contributed by atoms with Crippen molar-refractivity contribution in [1.29, 1.82) is 0 Å². The third kappa shape index (κ3) is 3.42. The Bertz CT molecular complexity index is 786. The summed E-state index contributed by atoms with van der Waals surface area (Å²) in [7, 11) is 0. The predicted octanol–water partition coefficient (Wildman–Crippen LogP) is 2.94. The average molecular weight is 347 g/mol. The summed E-state index contributed by atoms with van der Waals surface area (Å²) < 4.78 is 33.5. The van der Waals surface area contributed by atoms with Crippen molar-refractivity contribution in [2.24, 2.45) is 11.8 Å². The number of carbonyl (C=O) groups is 1. The number of benzene rings is 1. The quantitative estimate of drug-likeness (QED) is 0.905. The number of halogens is 2. The van der Waals surface area contributed by atoms with Crippen LogP contribution in [0.1, 0.15) is 24.3 Å². The number of carbonyl (C=O) groups excluding carboxylic acids is 1. The van der Waals surface area contributed by atoms with E-state index < -0.39 is 11.6 Å². The minimum atomic E-state index is -0.875. The maximum atomic E-state index is 13.3. The number of nitrogens with zero attached hydrogens (tertiary/aromatic N) is 2. The molecule has 132 valence electrons. The molecule has 5 nitrogen and oxygen atoms in total. The fourth-order valence-corrected chi connectivity index (χ4v) is 3.37. The molecule has 1 unspecified atom stereocenters. The normalized spacial score (nSPS) is 25.1. The highest BCUT2D eigenvalue weighted by atomic mass is 19.2. The van der Waals surface area contributed by atoms with Crippen molar-refractivity contribution in [2.45, 2.75) is 25.3 Å². The van der Waals surface area contributed by atoms with Crippen molar-refractivity contribution in [3.8, 4) is 0 Å². The van der Waals surface area contributed by atoms with Gasteiger partial charge in [0.1, 0.15) is 5.82 Å². The Balaban J connectivity index is 1.38. The lowest BCUT2D eigenvalue weighted by atomic mass is 10.1. The Kier molecular flexibility index (Phi) is 4.25. The van der Waals surface area contributed by atoms with Gasteiger partial charge in [0.05, 0.1) is 12.8 Å². The van der Waals surface area contributed by atoms with E-state index in [-0.39, 0.29) is 17.7 Å². The van der Waals surface area contributed by atoms with Gasteiger partial charge in [0, 0.05) is 31.1 Å². The van der Waals surface area contributed by atoms with Crippen LogP contribution >= 0.6 is 0 Å². The number of anilines is 1. The van der Waals surface area contributed by atoms with Crippen molar-refractivity contribution >= 4 is 11.7 Å². The van der Waals surface area contributed by atoms with Crippen LogP contribution in [0, 0.1) is 23.5 Å². The lowest BCUT2D eigenvalue weighted by molar-refractivity contribution is -0.117. The summed E-state index contributed by atoms with van der Waals surface area (Å²) in [5.41, 5.74) is 0.663. The van der Waals surface area contributed by atoms with E-state index in [0.717, 1.165) is 19.1 Å². The number of ether oxygens (including phenoxy) is 1. The standard InChI is InChI=1S/C18H19F2N3O2/c19-15-2-1-12(7-16(15)20)13-8-14(13)18(24)22-17-3-5-21-23(17)9-11-4-6-25-10-11/h1-3,5,7,11,13-14H,4,6,8-10H2,(H,22,24)/t11?,13-,14+/m0/s1. The summed E-state index contributed by atoms with van der Waals surface area (Å²) >= 11 is 0. The summed E-state index contributed by atoms with van der Waals surface area (Å²) in [4.78, 5) is 12.5. The second kappa shape index (κ2) is 6.55. The number of nitrogens with one attached hydrogen (secondary N) is 1. The minimum absolute atomic E-state index is 0.0605. The molecule has 1 aromatic carbocycles. The van der Waals surface area contributed by atoms with E-state index in [2.05, 4.69) is 10.4 Å². The smallest absolute Gasteiger partial charge is 0.229 e. The van der Waals surface area contributed by atoms with E-state index in [9.17, 15) is 13.6 Å². The molecule has 1 aliphatic heterocycles. The van der Waals surface area contributed by atoms with Gasteiger partial charge in [-0.1, -0.05) is 6.07 Å². The maximum Gasteiger partial charge on any atom is 0.229 e. The SMILES string of the molecule is O=C(Nc1ccnn1CC1CCOC1)[C@@H]1C[C@H]1c1ccc(F)c(F)c1. The van der Waals surface area contributed by atoms with Gasteiger partial charge in [-0.15, -0.1) is 0 Å². The van der Waals surface area contributed by atoms with Crippen LogP contribution in [-0.2, 0) is 16.1 Å². The Hall–Kier alpha value is -2.28. The van der Waals surface area contributed by atoms with E-state index >= 15 is 0 Å². The molecule has 25 heavy (non-hydrogen) atoms. The number of hydrogen-bond acceptors (Lipinski definition) is 3. The zero-order valence-electron chi connectivity index (χ0n) is 13.6. The second-order valence-electron chi connectivity index (χ2n) is 6.74. The van der Waals surface area contributed by atoms with Gasteiger partial charge in [0.25, 0.3) is 0 Å². The first kappa shape index (κ1) is 16.2. The molecule has 0 spiro atoms. The molecule has 1 aromatic heterocycles. The van der Waals surface area contributed by atoms with Crippen LogP contribution in [0.15, 0.2) is 30.5 Å². The van der Waals surface area contributed by atoms with E-state index in [0.29, 0.717) is 36.9 Å². The number of amides is 1. The molecule has 0 bridgehead atoms. The van der Waals surface area contributed by atoms with Gasteiger partial charge in [-0.3, -0.25) is 4.79 Å². The van der Waals surface area contributed by atoms with E-state index in [4.69, 9.17) is 4.74 Å². The largest absolute Gasteiger partial charge is 0.381 e. The zero-order chi connectivity index (χ0) is 17.4. The van der Waals surface area contributed by atoms with Crippen LogP contribution in [-0.4, -0.2) is 28.9 Å². The first-order chi connectivity index (χ1) is 12.1. The molecule has 1 aliphatic carbocycles. The molecule has 1 saturated carbocycles. The van der Waals surface area contributed by atoms with E-state index in [1.165, 1.54) is 6.07 Å². The summed E-state index contributed by atoms with van der Waals surface area (Å²) in [6.07, 6.45) is 3.29. The molecule has 4 rings (SSSR count). The lowest BCUT2D eigenvalue weighted by Gasteiger charge is -2.12. The van der Waals surface area contributed by atoms with Gasteiger partial charge in [0.15, 0.2) is 11.6 Å². The Labute approximate surface area is 144 Å². The highest BCUT2D eigenvalue weighted by Gasteiger charge is 2.44. The van der Waals surface area contributed by atoms with Gasteiger partial charge in [-0.05, 0) is 36.5 Å². The van der Waals surface area contributed by atoms with Gasteiger partial charge in [-0.25, -0.2) is 13.5 Å². The fraction of sp³-hybridized carbons (Fsp3) is 0.444. The van der Waals surface area contributed by atoms with Crippen LogP contribution < -0.4 is 5.32 Å². The molecule has 3 atom stereocenters. The van der Waals surface area contributed by atoms with Gasteiger partial charge < -0.3 is 10.1 Å². The number of hydrogen-bond donors (Lipinski definition) is 1. The van der Waals surface area contributed by atoms with E-state index in [1.54, 1.807) is 23.0 Å². The van der Waals surface area contributed by atoms with Crippen molar-refractivity contribution in [3.05, 3.63) is 47.7 Å². The van der Waals surface area contributed by atoms with Crippen molar-refractivity contribution in [1.82, 2.24) is 9.78 Å². The van der Waals surface area contributed by atoms with Gasteiger partial charge in [0.2, 0.25) is 5.91 Å². The molecule has 2 fully saturated rings. The summed E-state index contributed by atoms with van der Waals surface area (Å²) in [6.45, 7) is 2.19. The highest BCUT2D eigenvalue weighted by Crippen LogP contribution is 2.48. The van der Waals surface area contributed by atoms with Crippen LogP contribution in [0.3, 0.4) is 0 Å². The predicted molar refractivity (Wildman–Crippen MR) is 87.0 cm³/mol. The molecule has 7 heteroatoms. The van der Waals surface area contributed by atoms with Crippen molar-refractivity contribution in [3.63, 3.8) is 0 Å². The number of rotatable bonds is 5. The average Bonchev–Trinajstić information content (AvgIpc) is 3.01. The molecule has 2 aliphatic rings. The van der Waals surface area contributed by atoms with Crippen LogP contribution in [0.5, 0.6) is 0 Å². The molecule has 1 saturated heterocycles. The summed E-state index contributed by atoms with van der Waals surface area (Å²) in [5, 5.41) is 7.17. The fourth-order valence-electron chi connectivity index (χ4n) is 3.37. The Morgan fingerprint density at radius 1 is 1.32 bits per heavy atom. The van der Waals surface area contributed by atoms with Crippen molar-refractivity contribution in [2.75, 3.05) is 18.5 Å². The molecule has 0 radical (unpaired) electrons. The second-order valence-corrected chi connectivity index (χ2v) is 6.74. The summed E-state index contributed by atoms with van der Waals surface area (Å²) in [6, 6.07) is 5.59.